The number of carbonyl (C=O) groups is 1. The molecule has 0 aromatic carbocycles. The van der Waals surface area contributed by atoms with Crippen LogP contribution in [0.25, 0.3) is 0 Å². The van der Waals surface area contributed by atoms with Crippen LogP contribution in [0, 0.1) is 0 Å². The first-order valence-electron chi connectivity index (χ1n) is 3.98. The number of rotatable bonds is 5. The minimum atomic E-state index is -0.924. The highest BCUT2D eigenvalue weighted by molar-refractivity contribution is 5.74. The number of aliphatic hydroxyl groups excluding tert-OH is 1. The van der Waals surface area contributed by atoms with Crippen LogP contribution in [0.15, 0.2) is 0 Å². The molecule has 0 saturated carbocycles. The van der Waals surface area contributed by atoms with Gasteiger partial charge in [0, 0.05) is 0 Å². The van der Waals surface area contributed by atoms with Gasteiger partial charge < -0.3 is 9.84 Å². The van der Waals surface area contributed by atoms with Gasteiger partial charge in [-0.15, -0.1) is 0 Å². The van der Waals surface area contributed by atoms with Gasteiger partial charge in [-0.05, 0) is 6.42 Å². The fraction of sp³-hybridized carbons (Fsp3) is 0.875. The molecule has 66 valence electrons. The highest BCUT2D eigenvalue weighted by Gasteiger charge is 2.13. The van der Waals surface area contributed by atoms with Gasteiger partial charge in [0.15, 0.2) is 6.10 Å². The molecule has 0 aromatic rings. The summed E-state index contributed by atoms with van der Waals surface area (Å²) in [5, 5.41) is 9.07. The van der Waals surface area contributed by atoms with Crippen LogP contribution < -0.4 is 0 Å². The Morgan fingerprint density at radius 3 is 2.64 bits per heavy atom. The molecule has 0 fully saturated rings. The van der Waals surface area contributed by atoms with E-state index < -0.39 is 12.1 Å². The van der Waals surface area contributed by atoms with Crippen LogP contribution in [0.3, 0.4) is 0 Å². The highest BCUT2D eigenvalue weighted by atomic mass is 16.5. The Labute approximate surface area is 67.4 Å². The third-order valence-electron chi connectivity index (χ3n) is 1.55. The molecule has 0 aromatic heterocycles. The van der Waals surface area contributed by atoms with Crippen LogP contribution in [0.4, 0.5) is 0 Å². The van der Waals surface area contributed by atoms with E-state index in [0.717, 1.165) is 19.3 Å². The summed E-state index contributed by atoms with van der Waals surface area (Å²) in [5.41, 5.74) is 0. The van der Waals surface area contributed by atoms with Crippen molar-refractivity contribution in [2.45, 2.75) is 38.7 Å². The second-order valence-electron chi connectivity index (χ2n) is 2.53. The second-order valence-corrected chi connectivity index (χ2v) is 2.53. The maximum Gasteiger partial charge on any atom is 0.334 e. The fourth-order valence-electron chi connectivity index (χ4n) is 0.842. The normalized spacial score (nSPS) is 12.6. The van der Waals surface area contributed by atoms with E-state index in [0.29, 0.717) is 6.42 Å². The van der Waals surface area contributed by atoms with E-state index in [9.17, 15) is 4.79 Å². The van der Waals surface area contributed by atoms with Crippen molar-refractivity contribution < 1.29 is 14.6 Å². The van der Waals surface area contributed by atoms with Gasteiger partial charge in [0.25, 0.3) is 0 Å². The summed E-state index contributed by atoms with van der Waals surface area (Å²) in [7, 11) is 1.28. The molecule has 0 radical (unpaired) electrons. The molecule has 0 heterocycles. The predicted molar refractivity (Wildman–Crippen MR) is 42.2 cm³/mol. The van der Waals surface area contributed by atoms with Crippen LogP contribution >= 0.6 is 0 Å². The number of methoxy groups -OCH3 is 1. The molecule has 3 nitrogen and oxygen atoms in total. The summed E-state index contributed by atoms with van der Waals surface area (Å²) in [4.78, 5) is 10.6. The average Bonchev–Trinajstić information content (AvgIpc) is 2.03. The van der Waals surface area contributed by atoms with E-state index in [-0.39, 0.29) is 0 Å². The van der Waals surface area contributed by atoms with Crippen molar-refractivity contribution in [1.29, 1.82) is 0 Å². The zero-order valence-electron chi connectivity index (χ0n) is 7.17. The second kappa shape index (κ2) is 6.16. The molecule has 0 amide bonds. The van der Waals surface area contributed by atoms with Crippen molar-refractivity contribution in [3.8, 4) is 0 Å². The zero-order chi connectivity index (χ0) is 8.69. The van der Waals surface area contributed by atoms with Gasteiger partial charge in [-0.3, -0.25) is 0 Å². The van der Waals surface area contributed by atoms with Crippen LogP contribution in [0.1, 0.15) is 32.6 Å². The Balaban J connectivity index is 3.36. The average molecular weight is 160 g/mol. The van der Waals surface area contributed by atoms with E-state index in [4.69, 9.17) is 5.11 Å². The van der Waals surface area contributed by atoms with Gasteiger partial charge in [-0.25, -0.2) is 4.79 Å². The molecule has 0 aliphatic rings. The zero-order valence-corrected chi connectivity index (χ0v) is 7.17. The van der Waals surface area contributed by atoms with E-state index >= 15 is 0 Å². The molecular weight excluding hydrogens is 144 g/mol. The van der Waals surface area contributed by atoms with Gasteiger partial charge >= 0.3 is 5.97 Å². The number of hydrogen-bond acceptors (Lipinski definition) is 3. The standard InChI is InChI=1S/C8H16O3/c1-3-4-5-6-7(9)8(10)11-2/h7,9H,3-6H2,1-2H3. The third-order valence-corrected chi connectivity index (χ3v) is 1.55. The van der Waals surface area contributed by atoms with Crippen LogP contribution in [0.2, 0.25) is 0 Å². The van der Waals surface area contributed by atoms with Crippen molar-refractivity contribution in [3.63, 3.8) is 0 Å². The van der Waals surface area contributed by atoms with E-state index in [1.807, 2.05) is 0 Å². The molecule has 0 aliphatic heterocycles. The van der Waals surface area contributed by atoms with Crippen molar-refractivity contribution in [1.82, 2.24) is 0 Å². The molecule has 0 bridgehead atoms. The molecule has 3 heteroatoms. The Hall–Kier alpha value is -0.570. The molecule has 1 N–H and O–H groups in total. The highest BCUT2D eigenvalue weighted by Crippen LogP contribution is 2.03. The number of hydrogen-bond donors (Lipinski definition) is 1. The molecule has 0 saturated heterocycles. The summed E-state index contributed by atoms with van der Waals surface area (Å²) in [6.45, 7) is 2.07. The summed E-state index contributed by atoms with van der Waals surface area (Å²) in [6.07, 6.45) is 2.61. The van der Waals surface area contributed by atoms with Crippen LogP contribution in [0.5, 0.6) is 0 Å². The molecular formula is C8H16O3. The molecule has 1 atom stereocenters. The number of aliphatic hydroxyl groups is 1. The maximum atomic E-state index is 10.6. The van der Waals surface area contributed by atoms with Crippen LogP contribution in [-0.4, -0.2) is 24.3 Å². The van der Waals surface area contributed by atoms with Gasteiger partial charge in [-0.2, -0.15) is 0 Å². The number of ether oxygens (including phenoxy) is 1. The lowest BCUT2D eigenvalue weighted by Gasteiger charge is -2.06. The van der Waals surface area contributed by atoms with E-state index in [2.05, 4.69) is 11.7 Å². The van der Waals surface area contributed by atoms with Crippen molar-refractivity contribution in [2.75, 3.05) is 7.11 Å². The number of unbranched alkanes of at least 4 members (excludes halogenated alkanes) is 2. The third kappa shape index (κ3) is 4.79. The minimum Gasteiger partial charge on any atom is -0.467 e. The van der Waals surface area contributed by atoms with E-state index in [1.165, 1.54) is 7.11 Å². The summed E-state index contributed by atoms with van der Waals surface area (Å²) < 4.78 is 4.35. The Kier molecular flexibility index (Phi) is 5.84. The first-order chi connectivity index (χ1) is 5.22. The largest absolute Gasteiger partial charge is 0.467 e. The number of carbonyl (C=O) groups excluding carboxylic acids is 1. The van der Waals surface area contributed by atoms with Crippen LogP contribution in [-0.2, 0) is 9.53 Å². The smallest absolute Gasteiger partial charge is 0.334 e. The predicted octanol–water partition coefficient (Wildman–Crippen LogP) is 1.10. The summed E-state index contributed by atoms with van der Waals surface area (Å²) in [6, 6.07) is 0. The Morgan fingerprint density at radius 1 is 1.55 bits per heavy atom. The SMILES string of the molecule is CCCCCC(O)C(=O)OC. The van der Waals surface area contributed by atoms with Crippen molar-refractivity contribution >= 4 is 5.97 Å². The molecule has 0 rings (SSSR count). The Morgan fingerprint density at radius 2 is 2.18 bits per heavy atom. The van der Waals surface area contributed by atoms with Crippen molar-refractivity contribution in [3.05, 3.63) is 0 Å². The van der Waals surface area contributed by atoms with Gasteiger partial charge in [0.05, 0.1) is 7.11 Å². The molecule has 1 unspecified atom stereocenters. The Bertz CT molecular complexity index is 112. The van der Waals surface area contributed by atoms with Gasteiger partial charge in [-0.1, -0.05) is 26.2 Å². The fourth-order valence-corrected chi connectivity index (χ4v) is 0.842. The quantitative estimate of drug-likeness (QED) is 0.484. The number of esters is 1. The summed E-state index contributed by atoms with van der Waals surface area (Å²) in [5.74, 6) is -0.527. The monoisotopic (exact) mass is 160 g/mol. The first kappa shape index (κ1) is 10.4. The van der Waals surface area contributed by atoms with Gasteiger partial charge in [0.2, 0.25) is 0 Å². The lowest BCUT2D eigenvalue weighted by atomic mass is 10.1. The summed E-state index contributed by atoms with van der Waals surface area (Å²) >= 11 is 0. The molecule has 11 heavy (non-hydrogen) atoms. The first-order valence-corrected chi connectivity index (χ1v) is 3.98. The van der Waals surface area contributed by atoms with Gasteiger partial charge in [0.1, 0.15) is 0 Å². The van der Waals surface area contributed by atoms with Crippen molar-refractivity contribution in [2.24, 2.45) is 0 Å². The molecule has 0 aliphatic carbocycles. The molecule has 0 spiro atoms. The topological polar surface area (TPSA) is 46.5 Å². The van der Waals surface area contributed by atoms with E-state index in [1.54, 1.807) is 0 Å². The maximum absolute atomic E-state index is 10.6. The minimum absolute atomic E-state index is 0.514. The lowest BCUT2D eigenvalue weighted by molar-refractivity contribution is -0.150. The lowest BCUT2D eigenvalue weighted by Crippen LogP contribution is -2.21.